The Balaban J connectivity index is 1.83. The number of anilines is 1. The predicted octanol–water partition coefficient (Wildman–Crippen LogP) is 3.33. The SMILES string of the molecule is Nc1ccccc1OCc1c[nH]c2ccccc12. The molecule has 3 N–H and O–H groups in total. The van der Waals surface area contributed by atoms with Gasteiger partial charge in [-0.1, -0.05) is 30.3 Å². The minimum atomic E-state index is 0.512. The van der Waals surface area contributed by atoms with Crippen molar-refractivity contribution in [2.75, 3.05) is 5.73 Å². The van der Waals surface area contributed by atoms with E-state index in [1.165, 1.54) is 5.39 Å². The van der Waals surface area contributed by atoms with Crippen molar-refractivity contribution in [1.29, 1.82) is 0 Å². The van der Waals surface area contributed by atoms with Crippen LogP contribution < -0.4 is 10.5 Å². The Hall–Kier alpha value is -2.42. The Labute approximate surface area is 105 Å². The zero-order valence-corrected chi connectivity index (χ0v) is 9.89. The number of ether oxygens (including phenoxy) is 1. The Morgan fingerprint density at radius 1 is 1.00 bits per heavy atom. The maximum Gasteiger partial charge on any atom is 0.142 e. The number of aromatic amines is 1. The van der Waals surface area contributed by atoms with E-state index in [0.717, 1.165) is 16.8 Å². The molecule has 2 aromatic carbocycles. The molecule has 3 rings (SSSR count). The monoisotopic (exact) mass is 238 g/mol. The molecule has 0 unspecified atom stereocenters. The van der Waals surface area contributed by atoms with Crippen molar-refractivity contribution in [3.05, 3.63) is 60.3 Å². The molecule has 0 saturated carbocycles. The van der Waals surface area contributed by atoms with Crippen LogP contribution in [0.5, 0.6) is 5.75 Å². The first kappa shape index (κ1) is 10.7. The second kappa shape index (κ2) is 4.45. The first-order chi connectivity index (χ1) is 8.84. The Kier molecular flexibility index (Phi) is 2.65. The Morgan fingerprint density at radius 3 is 2.67 bits per heavy atom. The molecule has 0 radical (unpaired) electrons. The number of benzene rings is 2. The molecule has 0 saturated heterocycles. The molecular formula is C15H14N2O. The minimum Gasteiger partial charge on any atom is -0.487 e. The molecule has 0 bridgehead atoms. The molecule has 0 aliphatic rings. The van der Waals surface area contributed by atoms with Gasteiger partial charge in [0.15, 0.2) is 0 Å². The molecule has 3 aromatic rings. The van der Waals surface area contributed by atoms with E-state index in [9.17, 15) is 0 Å². The summed E-state index contributed by atoms with van der Waals surface area (Å²) in [7, 11) is 0. The van der Waals surface area contributed by atoms with Crippen molar-refractivity contribution in [3.8, 4) is 5.75 Å². The molecule has 0 atom stereocenters. The van der Waals surface area contributed by atoms with Gasteiger partial charge in [-0.2, -0.15) is 0 Å². The van der Waals surface area contributed by atoms with Gasteiger partial charge < -0.3 is 15.5 Å². The van der Waals surface area contributed by atoms with E-state index in [1.54, 1.807) is 0 Å². The summed E-state index contributed by atoms with van der Waals surface area (Å²) in [6, 6.07) is 15.7. The van der Waals surface area contributed by atoms with Crippen LogP contribution >= 0.6 is 0 Å². The van der Waals surface area contributed by atoms with Crippen molar-refractivity contribution < 1.29 is 4.74 Å². The van der Waals surface area contributed by atoms with Crippen LogP contribution in [0, 0.1) is 0 Å². The maximum absolute atomic E-state index is 5.84. The van der Waals surface area contributed by atoms with Crippen LogP contribution in [-0.2, 0) is 6.61 Å². The van der Waals surface area contributed by atoms with Crippen LogP contribution in [0.25, 0.3) is 10.9 Å². The summed E-state index contributed by atoms with van der Waals surface area (Å²) in [6.07, 6.45) is 1.98. The van der Waals surface area contributed by atoms with Crippen molar-refractivity contribution in [3.63, 3.8) is 0 Å². The van der Waals surface area contributed by atoms with E-state index in [2.05, 4.69) is 17.1 Å². The summed E-state index contributed by atoms with van der Waals surface area (Å²) >= 11 is 0. The number of fused-ring (bicyclic) bond motifs is 1. The highest BCUT2D eigenvalue weighted by Gasteiger charge is 2.04. The van der Waals surface area contributed by atoms with Crippen LogP contribution in [-0.4, -0.2) is 4.98 Å². The van der Waals surface area contributed by atoms with Gasteiger partial charge in [-0.05, 0) is 18.2 Å². The average molecular weight is 238 g/mol. The third-order valence-corrected chi connectivity index (χ3v) is 2.98. The number of nitrogens with two attached hydrogens (primary N) is 1. The van der Waals surface area contributed by atoms with Crippen LogP contribution in [0.3, 0.4) is 0 Å². The van der Waals surface area contributed by atoms with Gasteiger partial charge in [0.1, 0.15) is 12.4 Å². The molecule has 0 aliphatic heterocycles. The van der Waals surface area contributed by atoms with Gasteiger partial charge in [-0.25, -0.2) is 0 Å². The molecule has 0 fully saturated rings. The summed E-state index contributed by atoms with van der Waals surface area (Å²) < 4.78 is 5.74. The lowest BCUT2D eigenvalue weighted by Gasteiger charge is -2.07. The van der Waals surface area contributed by atoms with Gasteiger partial charge in [0, 0.05) is 22.7 Å². The summed E-state index contributed by atoms with van der Waals surface area (Å²) in [5.74, 6) is 0.725. The fourth-order valence-electron chi connectivity index (χ4n) is 2.02. The second-order valence-corrected chi connectivity index (χ2v) is 4.19. The fourth-order valence-corrected chi connectivity index (χ4v) is 2.02. The molecule has 0 aliphatic carbocycles. The topological polar surface area (TPSA) is 51.0 Å². The highest BCUT2D eigenvalue weighted by molar-refractivity contribution is 5.82. The molecule has 1 aromatic heterocycles. The largest absolute Gasteiger partial charge is 0.487 e. The Bertz CT molecular complexity index is 673. The molecule has 0 amide bonds. The van der Waals surface area contributed by atoms with E-state index < -0.39 is 0 Å². The number of H-pyrrole nitrogens is 1. The van der Waals surface area contributed by atoms with E-state index in [4.69, 9.17) is 10.5 Å². The summed E-state index contributed by atoms with van der Waals surface area (Å²) in [5.41, 5.74) is 8.76. The molecule has 3 heteroatoms. The average Bonchev–Trinajstić information content (AvgIpc) is 2.81. The highest BCUT2D eigenvalue weighted by Crippen LogP contribution is 2.23. The quantitative estimate of drug-likeness (QED) is 0.688. The van der Waals surface area contributed by atoms with Crippen molar-refractivity contribution in [2.45, 2.75) is 6.61 Å². The standard InChI is InChI=1S/C15H14N2O/c16-13-6-2-4-8-15(13)18-10-11-9-17-14-7-3-1-5-12(11)14/h1-9,17H,10,16H2. The molecular weight excluding hydrogens is 224 g/mol. The van der Waals surface area contributed by atoms with Gasteiger partial charge in [-0.3, -0.25) is 0 Å². The van der Waals surface area contributed by atoms with Crippen molar-refractivity contribution in [2.24, 2.45) is 0 Å². The third kappa shape index (κ3) is 1.91. The summed E-state index contributed by atoms with van der Waals surface area (Å²) in [6.45, 7) is 0.512. The molecule has 1 heterocycles. The number of nitrogen functional groups attached to an aromatic ring is 1. The zero-order valence-electron chi connectivity index (χ0n) is 9.89. The van der Waals surface area contributed by atoms with Crippen LogP contribution in [0.15, 0.2) is 54.7 Å². The van der Waals surface area contributed by atoms with Crippen LogP contribution in [0.2, 0.25) is 0 Å². The second-order valence-electron chi connectivity index (χ2n) is 4.19. The number of rotatable bonds is 3. The molecule has 90 valence electrons. The lowest BCUT2D eigenvalue weighted by molar-refractivity contribution is 0.309. The number of para-hydroxylation sites is 3. The first-order valence-corrected chi connectivity index (χ1v) is 5.87. The van der Waals surface area contributed by atoms with Gasteiger partial charge in [0.2, 0.25) is 0 Å². The number of aromatic nitrogens is 1. The predicted molar refractivity (Wildman–Crippen MR) is 73.5 cm³/mol. The third-order valence-electron chi connectivity index (χ3n) is 2.98. The summed E-state index contributed by atoms with van der Waals surface area (Å²) in [4.78, 5) is 3.23. The normalized spacial score (nSPS) is 10.7. The Morgan fingerprint density at radius 2 is 1.78 bits per heavy atom. The molecule has 3 nitrogen and oxygen atoms in total. The van der Waals surface area contributed by atoms with Gasteiger partial charge in [0.25, 0.3) is 0 Å². The lowest BCUT2D eigenvalue weighted by Crippen LogP contribution is -1.97. The van der Waals surface area contributed by atoms with E-state index >= 15 is 0 Å². The zero-order chi connectivity index (χ0) is 12.4. The van der Waals surface area contributed by atoms with Gasteiger partial charge in [0.05, 0.1) is 5.69 Å². The van der Waals surface area contributed by atoms with Crippen LogP contribution in [0.4, 0.5) is 5.69 Å². The maximum atomic E-state index is 5.84. The first-order valence-electron chi connectivity index (χ1n) is 5.87. The number of hydrogen-bond donors (Lipinski definition) is 2. The van der Waals surface area contributed by atoms with E-state index in [1.807, 2.05) is 42.6 Å². The van der Waals surface area contributed by atoms with Crippen molar-refractivity contribution in [1.82, 2.24) is 4.98 Å². The fraction of sp³-hybridized carbons (Fsp3) is 0.0667. The molecule has 0 spiro atoms. The number of hydrogen-bond acceptors (Lipinski definition) is 2. The minimum absolute atomic E-state index is 0.512. The highest BCUT2D eigenvalue weighted by atomic mass is 16.5. The van der Waals surface area contributed by atoms with E-state index in [-0.39, 0.29) is 0 Å². The van der Waals surface area contributed by atoms with Gasteiger partial charge >= 0.3 is 0 Å². The summed E-state index contributed by atoms with van der Waals surface area (Å²) in [5, 5.41) is 1.19. The van der Waals surface area contributed by atoms with E-state index in [0.29, 0.717) is 12.3 Å². The van der Waals surface area contributed by atoms with Gasteiger partial charge in [-0.15, -0.1) is 0 Å². The molecule has 18 heavy (non-hydrogen) atoms. The number of nitrogens with one attached hydrogen (secondary N) is 1. The van der Waals surface area contributed by atoms with Crippen LogP contribution in [0.1, 0.15) is 5.56 Å². The lowest BCUT2D eigenvalue weighted by atomic mass is 10.2. The van der Waals surface area contributed by atoms with Crippen molar-refractivity contribution >= 4 is 16.6 Å². The smallest absolute Gasteiger partial charge is 0.142 e.